The normalized spacial score (nSPS) is 15.8. The van der Waals surface area contributed by atoms with Crippen LogP contribution in [0, 0.1) is 6.92 Å². The van der Waals surface area contributed by atoms with Crippen molar-refractivity contribution in [3.8, 4) is 0 Å². The number of aliphatic imine (C=N–C) groups is 1. The van der Waals surface area contributed by atoms with Crippen LogP contribution < -0.4 is 15.5 Å². The topological polar surface area (TPSA) is 79.6 Å². The molecule has 1 fully saturated rings. The molecule has 1 aliphatic heterocycles. The number of aryl methyl sites for hydroxylation is 1. The van der Waals surface area contributed by atoms with E-state index in [1.165, 1.54) is 11.3 Å². The number of nitrogens with zero attached hydrogens (tertiary/aromatic N) is 5. The molecule has 176 valence electrons. The van der Waals surface area contributed by atoms with Crippen LogP contribution in [0.15, 0.2) is 29.3 Å². The molecule has 1 saturated heterocycles. The third-order valence-corrected chi connectivity index (χ3v) is 6.09. The van der Waals surface area contributed by atoms with Crippen molar-refractivity contribution in [3.63, 3.8) is 0 Å². The van der Waals surface area contributed by atoms with Crippen LogP contribution in [0.3, 0.4) is 0 Å². The number of hydrogen-bond donors (Lipinski definition) is 2. The van der Waals surface area contributed by atoms with E-state index in [4.69, 9.17) is 9.73 Å². The minimum absolute atomic E-state index is 0.185. The summed E-state index contributed by atoms with van der Waals surface area (Å²) in [5, 5.41) is 15.3. The van der Waals surface area contributed by atoms with Crippen LogP contribution in [0.2, 0.25) is 0 Å². The van der Waals surface area contributed by atoms with Gasteiger partial charge in [-0.05, 0) is 42.9 Å². The number of piperidine rings is 1. The molecular weight excluding hydrogens is 402 g/mol. The predicted molar refractivity (Wildman–Crippen MR) is 130 cm³/mol. The number of methoxy groups -OCH3 is 1. The summed E-state index contributed by atoms with van der Waals surface area (Å²) in [6.45, 7) is 12.6. The minimum atomic E-state index is 0.185. The molecule has 1 aromatic carbocycles. The van der Waals surface area contributed by atoms with E-state index >= 15 is 0 Å². The number of guanidine groups is 1. The number of nitrogens with one attached hydrogen (secondary N) is 2. The van der Waals surface area contributed by atoms with E-state index in [0.717, 1.165) is 43.5 Å². The molecule has 0 aliphatic carbocycles. The first-order valence-electron chi connectivity index (χ1n) is 11.5. The smallest absolute Gasteiger partial charge is 0.192 e. The number of ether oxygens (including phenoxy) is 1. The highest BCUT2D eigenvalue weighted by Gasteiger charge is 2.21. The van der Waals surface area contributed by atoms with Crippen molar-refractivity contribution in [1.82, 2.24) is 25.4 Å². The van der Waals surface area contributed by atoms with E-state index < -0.39 is 0 Å². The van der Waals surface area contributed by atoms with Gasteiger partial charge < -0.3 is 24.8 Å². The number of hydrogen-bond acceptors (Lipinski definition) is 5. The van der Waals surface area contributed by atoms with Gasteiger partial charge in [0.15, 0.2) is 11.8 Å². The van der Waals surface area contributed by atoms with Gasteiger partial charge in [-0.15, -0.1) is 10.2 Å². The zero-order chi connectivity index (χ0) is 23.1. The number of benzene rings is 1. The monoisotopic (exact) mass is 441 g/mol. The standard InChI is InChI=1S/C24H39N7O/c1-18-28-29-22(30(18)5)17-26-23(25-13-16-32-6)27-20-11-14-31(15-12-20)21-9-7-19(8-10-21)24(2,3)4/h7-10,20H,11-17H2,1-6H3,(H2,25,26,27). The Bertz CT molecular complexity index is 875. The third-order valence-electron chi connectivity index (χ3n) is 6.09. The van der Waals surface area contributed by atoms with Gasteiger partial charge in [-0.3, -0.25) is 0 Å². The summed E-state index contributed by atoms with van der Waals surface area (Å²) in [5.74, 6) is 2.54. The zero-order valence-electron chi connectivity index (χ0n) is 20.5. The van der Waals surface area contributed by atoms with Crippen LogP contribution in [-0.4, -0.2) is 60.1 Å². The van der Waals surface area contributed by atoms with Crippen LogP contribution in [-0.2, 0) is 23.7 Å². The minimum Gasteiger partial charge on any atom is -0.383 e. The first-order chi connectivity index (χ1) is 15.3. The van der Waals surface area contributed by atoms with Crippen LogP contribution >= 0.6 is 0 Å². The Kier molecular flexibility index (Phi) is 8.12. The van der Waals surface area contributed by atoms with Crippen molar-refractivity contribution < 1.29 is 4.74 Å². The summed E-state index contributed by atoms with van der Waals surface area (Å²) >= 11 is 0. The lowest BCUT2D eigenvalue weighted by Gasteiger charge is -2.35. The summed E-state index contributed by atoms with van der Waals surface area (Å²) in [4.78, 5) is 7.22. The molecule has 0 radical (unpaired) electrons. The molecule has 8 heteroatoms. The molecule has 0 spiro atoms. The second kappa shape index (κ2) is 10.8. The van der Waals surface area contributed by atoms with Gasteiger partial charge in [0.1, 0.15) is 12.4 Å². The number of rotatable bonds is 7. The molecule has 32 heavy (non-hydrogen) atoms. The van der Waals surface area contributed by atoms with Crippen molar-refractivity contribution in [2.45, 2.75) is 58.5 Å². The Morgan fingerprint density at radius 1 is 1.16 bits per heavy atom. The molecule has 0 saturated carbocycles. The Labute approximate surface area is 192 Å². The van der Waals surface area contributed by atoms with Crippen molar-refractivity contribution in [1.29, 1.82) is 0 Å². The Balaban J connectivity index is 1.57. The Morgan fingerprint density at radius 2 is 1.84 bits per heavy atom. The maximum Gasteiger partial charge on any atom is 0.192 e. The summed E-state index contributed by atoms with van der Waals surface area (Å²) in [5.41, 5.74) is 2.87. The fourth-order valence-corrected chi connectivity index (χ4v) is 3.81. The van der Waals surface area contributed by atoms with Crippen molar-refractivity contribution >= 4 is 11.6 Å². The maximum absolute atomic E-state index is 5.18. The molecule has 0 unspecified atom stereocenters. The Hall–Kier alpha value is -2.61. The molecule has 2 heterocycles. The van der Waals surface area contributed by atoms with Crippen LogP contribution in [0.25, 0.3) is 0 Å². The first kappa shape index (κ1) is 24.0. The van der Waals surface area contributed by atoms with Crippen molar-refractivity contribution in [3.05, 3.63) is 41.5 Å². The van der Waals surface area contributed by atoms with Crippen LogP contribution in [0.5, 0.6) is 0 Å². The second-order valence-electron chi connectivity index (χ2n) is 9.51. The predicted octanol–water partition coefficient (Wildman–Crippen LogP) is 2.77. The lowest BCUT2D eigenvalue weighted by molar-refractivity contribution is 0.203. The highest BCUT2D eigenvalue weighted by atomic mass is 16.5. The molecule has 3 rings (SSSR count). The molecule has 8 nitrogen and oxygen atoms in total. The van der Waals surface area contributed by atoms with Gasteiger partial charge in [-0.25, -0.2) is 4.99 Å². The fourth-order valence-electron chi connectivity index (χ4n) is 3.81. The lowest BCUT2D eigenvalue weighted by Crippen LogP contribution is -2.49. The van der Waals surface area contributed by atoms with Crippen molar-refractivity contribution in [2.75, 3.05) is 38.3 Å². The molecular formula is C24H39N7O. The van der Waals surface area contributed by atoms with E-state index in [2.05, 4.69) is 70.8 Å². The summed E-state index contributed by atoms with van der Waals surface area (Å²) in [6.07, 6.45) is 2.13. The maximum atomic E-state index is 5.18. The molecule has 1 aromatic heterocycles. The van der Waals surface area contributed by atoms with E-state index in [1.54, 1.807) is 7.11 Å². The van der Waals surface area contributed by atoms with Crippen molar-refractivity contribution in [2.24, 2.45) is 12.0 Å². The van der Waals surface area contributed by atoms with E-state index in [-0.39, 0.29) is 5.41 Å². The van der Waals surface area contributed by atoms with Gasteiger partial charge in [-0.1, -0.05) is 32.9 Å². The van der Waals surface area contributed by atoms with Gasteiger partial charge in [0.05, 0.1) is 6.61 Å². The van der Waals surface area contributed by atoms with Gasteiger partial charge in [-0.2, -0.15) is 0 Å². The summed E-state index contributed by atoms with van der Waals surface area (Å²) in [7, 11) is 3.67. The first-order valence-corrected chi connectivity index (χ1v) is 11.5. The van der Waals surface area contributed by atoms with Gasteiger partial charge in [0, 0.05) is 45.5 Å². The molecule has 0 atom stereocenters. The summed E-state index contributed by atoms with van der Waals surface area (Å²) in [6, 6.07) is 9.43. The largest absolute Gasteiger partial charge is 0.383 e. The quantitative estimate of drug-likeness (QED) is 0.391. The highest BCUT2D eigenvalue weighted by Crippen LogP contribution is 2.26. The van der Waals surface area contributed by atoms with Gasteiger partial charge in [0.25, 0.3) is 0 Å². The van der Waals surface area contributed by atoms with Crippen LogP contribution in [0.4, 0.5) is 5.69 Å². The summed E-state index contributed by atoms with van der Waals surface area (Å²) < 4.78 is 7.15. The Morgan fingerprint density at radius 3 is 2.41 bits per heavy atom. The second-order valence-corrected chi connectivity index (χ2v) is 9.51. The zero-order valence-corrected chi connectivity index (χ0v) is 20.5. The molecule has 0 bridgehead atoms. The fraction of sp³-hybridized carbons (Fsp3) is 0.625. The van der Waals surface area contributed by atoms with E-state index in [1.807, 2.05) is 18.5 Å². The molecule has 1 aliphatic rings. The average molecular weight is 442 g/mol. The average Bonchev–Trinajstić information content (AvgIpc) is 3.09. The molecule has 2 N–H and O–H groups in total. The van der Waals surface area contributed by atoms with E-state index in [0.29, 0.717) is 25.7 Å². The lowest BCUT2D eigenvalue weighted by atomic mass is 9.87. The van der Waals surface area contributed by atoms with Gasteiger partial charge in [0.2, 0.25) is 0 Å². The van der Waals surface area contributed by atoms with E-state index in [9.17, 15) is 0 Å². The number of anilines is 1. The SMILES string of the molecule is COCCNC(=NCc1nnc(C)n1C)NC1CCN(c2ccc(C(C)(C)C)cc2)CC1. The van der Waals surface area contributed by atoms with Crippen LogP contribution in [0.1, 0.15) is 50.8 Å². The number of aromatic nitrogens is 3. The highest BCUT2D eigenvalue weighted by molar-refractivity contribution is 5.80. The third kappa shape index (κ3) is 6.45. The molecule has 0 amide bonds. The van der Waals surface area contributed by atoms with Gasteiger partial charge >= 0.3 is 0 Å². The molecule has 2 aromatic rings.